The van der Waals surface area contributed by atoms with Gasteiger partial charge >= 0.3 is 6.03 Å². The van der Waals surface area contributed by atoms with Crippen LogP contribution in [0.5, 0.6) is 0 Å². The molecule has 2 aromatic rings. The third-order valence-corrected chi connectivity index (χ3v) is 2.57. The van der Waals surface area contributed by atoms with Gasteiger partial charge in [0.25, 0.3) is 0 Å². The normalized spacial score (nSPS) is 9.89. The maximum absolute atomic E-state index is 12.0. The smallest absolute Gasteiger partial charge is 0.308 e. The molecule has 4 nitrogen and oxygen atoms in total. The first-order chi connectivity index (χ1) is 8.66. The molecule has 0 aliphatic heterocycles. The molecule has 0 atom stereocenters. The molecule has 2 amide bonds. The van der Waals surface area contributed by atoms with E-state index >= 15 is 0 Å². The second-order valence-electron chi connectivity index (χ2n) is 4.05. The van der Waals surface area contributed by atoms with Gasteiger partial charge in [-0.3, -0.25) is 4.90 Å². The second kappa shape index (κ2) is 5.31. The van der Waals surface area contributed by atoms with Gasteiger partial charge in [0.05, 0.1) is 0 Å². The van der Waals surface area contributed by atoms with E-state index in [-0.39, 0.29) is 6.03 Å². The van der Waals surface area contributed by atoms with Crippen molar-refractivity contribution in [2.24, 2.45) is 0 Å². The molecule has 0 unspecified atom stereocenters. The zero-order valence-corrected chi connectivity index (χ0v) is 10.4. The molecule has 0 saturated heterocycles. The van der Waals surface area contributed by atoms with Crippen molar-refractivity contribution >= 4 is 17.5 Å². The third-order valence-electron chi connectivity index (χ3n) is 2.57. The van der Waals surface area contributed by atoms with Crippen molar-refractivity contribution in [1.29, 1.82) is 0 Å². The summed E-state index contributed by atoms with van der Waals surface area (Å²) >= 11 is 0. The van der Waals surface area contributed by atoms with Crippen molar-refractivity contribution in [3.8, 4) is 0 Å². The van der Waals surface area contributed by atoms with E-state index in [0.717, 1.165) is 11.3 Å². The second-order valence-corrected chi connectivity index (χ2v) is 4.05. The summed E-state index contributed by atoms with van der Waals surface area (Å²) in [6.45, 7) is 1.96. The van der Waals surface area contributed by atoms with Crippen molar-refractivity contribution < 1.29 is 4.79 Å². The van der Waals surface area contributed by atoms with E-state index in [9.17, 15) is 4.79 Å². The first kappa shape index (κ1) is 12.1. The van der Waals surface area contributed by atoms with Gasteiger partial charge in [0.1, 0.15) is 5.82 Å². The molecule has 0 fully saturated rings. The maximum atomic E-state index is 12.0. The van der Waals surface area contributed by atoms with Crippen LogP contribution >= 0.6 is 0 Å². The van der Waals surface area contributed by atoms with E-state index in [4.69, 9.17) is 0 Å². The number of pyridine rings is 1. The molecule has 1 heterocycles. The Kier molecular flexibility index (Phi) is 3.57. The van der Waals surface area contributed by atoms with Crippen LogP contribution in [0.1, 0.15) is 5.56 Å². The Hall–Kier alpha value is -2.36. The predicted molar refractivity (Wildman–Crippen MR) is 72.8 cm³/mol. The Morgan fingerprint density at radius 2 is 1.89 bits per heavy atom. The number of amides is 2. The largest absolute Gasteiger partial charge is 0.327 e. The van der Waals surface area contributed by atoms with Crippen LogP contribution in [-0.2, 0) is 0 Å². The Balaban J connectivity index is 2.07. The molecule has 4 heteroatoms. The highest BCUT2D eigenvalue weighted by molar-refractivity contribution is 6.00. The van der Waals surface area contributed by atoms with Crippen molar-refractivity contribution in [1.82, 2.24) is 4.98 Å². The van der Waals surface area contributed by atoms with Crippen LogP contribution in [0.25, 0.3) is 0 Å². The lowest BCUT2D eigenvalue weighted by atomic mass is 10.3. The number of carbonyl (C=O) groups excluding carboxylic acids is 1. The predicted octanol–water partition coefficient (Wildman–Crippen LogP) is 3.06. The van der Waals surface area contributed by atoms with Gasteiger partial charge in [0.2, 0.25) is 0 Å². The highest BCUT2D eigenvalue weighted by Gasteiger charge is 2.11. The van der Waals surface area contributed by atoms with Crippen LogP contribution in [0.15, 0.2) is 48.7 Å². The fourth-order valence-corrected chi connectivity index (χ4v) is 1.49. The monoisotopic (exact) mass is 241 g/mol. The molecule has 92 valence electrons. The summed E-state index contributed by atoms with van der Waals surface area (Å²) in [4.78, 5) is 17.7. The minimum atomic E-state index is -0.211. The fourth-order valence-electron chi connectivity index (χ4n) is 1.49. The Labute approximate surface area is 106 Å². The van der Waals surface area contributed by atoms with Gasteiger partial charge in [0, 0.05) is 18.9 Å². The summed E-state index contributed by atoms with van der Waals surface area (Å²) < 4.78 is 0. The maximum Gasteiger partial charge on any atom is 0.327 e. The average Bonchev–Trinajstić information content (AvgIpc) is 2.40. The van der Waals surface area contributed by atoms with Gasteiger partial charge in [-0.1, -0.05) is 24.3 Å². The van der Waals surface area contributed by atoms with Crippen LogP contribution in [0.3, 0.4) is 0 Å². The SMILES string of the molecule is Cc1ccc(N(C)C(=O)Nc2ccccc2)nc1. The van der Waals surface area contributed by atoms with Crippen molar-refractivity contribution in [2.75, 3.05) is 17.3 Å². The fraction of sp³-hybridized carbons (Fsp3) is 0.143. The van der Waals surface area contributed by atoms with Gasteiger partial charge in [0.15, 0.2) is 0 Å². The molecular weight excluding hydrogens is 226 g/mol. The number of hydrogen-bond acceptors (Lipinski definition) is 2. The van der Waals surface area contributed by atoms with E-state index in [1.807, 2.05) is 49.4 Å². The van der Waals surface area contributed by atoms with Gasteiger partial charge < -0.3 is 5.32 Å². The third kappa shape index (κ3) is 2.85. The van der Waals surface area contributed by atoms with Crippen molar-refractivity contribution in [3.05, 3.63) is 54.2 Å². The van der Waals surface area contributed by atoms with Crippen LogP contribution < -0.4 is 10.2 Å². The number of carbonyl (C=O) groups is 1. The number of nitrogens with one attached hydrogen (secondary N) is 1. The molecule has 0 bridgehead atoms. The minimum Gasteiger partial charge on any atom is -0.308 e. The first-order valence-electron chi connectivity index (χ1n) is 5.69. The van der Waals surface area contributed by atoms with Crippen LogP contribution in [-0.4, -0.2) is 18.1 Å². The highest BCUT2D eigenvalue weighted by atomic mass is 16.2. The standard InChI is InChI=1S/C14H15N3O/c1-11-8-9-13(15-10-11)17(2)14(18)16-12-6-4-3-5-7-12/h3-10H,1-2H3,(H,16,18). The Morgan fingerprint density at radius 3 is 2.50 bits per heavy atom. The first-order valence-corrected chi connectivity index (χ1v) is 5.69. The van der Waals surface area contributed by atoms with E-state index < -0.39 is 0 Å². The van der Waals surface area contributed by atoms with Gasteiger partial charge in [-0.05, 0) is 30.7 Å². The molecule has 1 N–H and O–H groups in total. The van der Waals surface area contributed by atoms with Crippen molar-refractivity contribution in [3.63, 3.8) is 0 Å². The molecule has 0 radical (unpaired) electrons. The molecule has 1 aromatic carbocycles. The zero-order valence-electron chi connectivity index (χ0n) is 10.4. The Bertz CT molecular complexity index is 522. The molecule has 0 aliphatic rings. The van der Waals surface area contributed by atoms with Gasteiger partial charge in [-0.2, -0.15) is 0 Å². The molecular formula is C14H15N3O. The lowest BCUT2D eigenvalue weighted by Gasteiger charge is -2.17. The molecule has 1 aromatic heterocycles. The molecule has 0 saturated carbocycles. The quantitative estimate of drug-likeness (QED) is 0.878. The lowest BCUT2D eigenvalue weighted by molar-refractivity contribution is 0.258. The zero-order chi connectivity index (χ0) is 13.0. The summed E-state index contributed by atoms with van der Waals surface area (Å²) in [5, 5.41) is 2.80. The van der Waals surface area contributed by atoms with Crippen LogP contribution in [0, 0.1) is 6.92 Å². The highest BCUT2D eigenvalue weighted by Crippen LogP contribution is 2.12. The molecule has 18 heavy (non-hydrogen) atoms. The summed E-state index contributed by atoms with van der Waals surface area (Å²) in [6, 6.07) is 12.9. The average molecular weight is 241 g/mol. The number of hydrogen-bond donors (Lipinski definition) is 1. The Morgan fingerprint density at radius 1 is 1.17 bits per heavy atom. The van der Waals surface area contributed by atoms with E-state index in [1.165, 1.54) is 4.90 Å². The van der Waals surface area contributed by atoms with E-state index in [2.05, 4.69) is 10.3 Å². The van der Waals surface area contributed by atoms with Crippen LogP contribution in [0.4, 0.5) is 16.3 Å². The van der Waals surface area contributed by atoms with Gasteiger partial charge in [-0.25, -0.2) is 9.78 Å². The van der Waals surface area contributed by atoms with E-state index in [0.29, 0.717) is 5.82 Å². The van der Waals surface area contributed by atoms with Gasteiger partial charge in [-0.15, -0.1) is 0 Å². The minimum absolute atomic E-state index is 0.211. The summed E-state index contributed by atoms with van der Waals surface area (Å²) in [5.74, 6) is 0.619. The number of anilines is 2. The van der Waals surface area contributed by atoms with Crippen LogP contribution in [0.2, 0.25) is 0 Å². The number of urea groups is 1. The number of benzene rings is 1. The number of para-hydroxylation sites is 1. The summed E-state index contributed by atoms with van der Waals surface area (Å²) in [5.41, 5.74) is 1.83. The number of aromatic nitrogens is 1. The van der Waals surface area contributed by atoms with Crippen molar-refractivity contribution in [2.45, 2.75) is 6.92 Å². The number of aryl methyl sites for hydroxylation is 1. The lowest BCUT2D eigenvalue weighted by Crippen LogP contribution is -2.31. The summed E-state index contributed by atoms with van der Waals surface area (Å²) in [6.07, 6.45) is 1.74. The number of nitrogens with zero attached hydrogens (tertiary/aromatic N) is 2. The molecule has 2 rings (SSSR count). The summed E-state index contributed by atoms with van der Waals surface area (Å²) in [7, 11) is 1.69. The van der Waals surface area contributed by atoms with E-state index in [1.54, 1.807) is 13.2 Å². The molecule has 0 spiro atoms. The molecule has 0 aliphatic carbocycles. The topological polar surface area (TPSA) is 45.2 Å². The number of rotatable bonds is 2.